The summed E-state index contributed by atoms with van der Waals surface area (Å²) in [6.07, 6.45) is 0. The third-order valence-electron chi connectivity index (χ3n) is 2.82. The molecule has 0 amide bonds. The van der Waals surface area contributed by atoms with E-state index < -0.39 is 5.97 Å². The molecule has 18 heavy (non-hydrogen) atoms. The first kappa shape index (κ1) is 12.2. The average Bonchev–Trinajstić information content (AvgIpc) is 2.38. The molecular formula is C15H15NO2. The summed E-state index contributed by atoms with van der Waals surface area (Å²) in [7, 11) is 0. The second-order valence-electron chi connectivity index (χ2n) is 4.14. The van der Waals surface area contributed by atoms with Crippen molar-refractivity contribution >= 4 is 11.7 Å². The summed E-state index contributed by atoms with van der Waals surface area (Å²) in [5, 5.41) is 12.3. The van der Waals surface area contributed by atoms with Crippen molar-refractivity contribution in [3.05, 3.63) is 65.2 Å². The number of carboxylic acid groups (broad SMARTS) is 1. The number of aromatic carboxylic acids is 1. The fourth-order valence-corrected chi connectivity index (χ4v) is 1.87. The van der Waals surface area contributed by atoms with E-state index in [4.69, 9.17) is 5.11 Å². The Bertz CT molecular complexity index is 550. The van der Waals surface area contributed by atoms with Gasteiger partial charge in [-0.15, -0.1) is 0 Å². The lowest BCUT2D eigenvalue weighted by Gasteiger charge is -2.12. The van der Waals surface area contributed by atoms with Crippen LogP contribution in [-0.2, 0) is 6.54 Å². The molecule has 0 aliphatic rings. The Morgan fingerprint density at radius 2 is 1.83 bits per heavy atom. The topological polar surface area (TPSA) is 49.3 Å². The molecule has 3 nitrogen and oxygen atoms in total. The Morgan fingerprint density at radius 1 is 1.11 bits per heavy atom. The number of para-hydroxylation sites is 1. The van der Waals surface area contributed by atoms with Crippen LogP contribution >= 0.6 is 0 Å². The van der Waals surface area contributed by atoms with Gasteiger partial charge in [0.25, 0.3) is 0 Å². The fourth-order valence-electron chi connectivity index (χ4n) is 1.87. The molecule has 3 heteroatoms. The van der Waals surface area contributed by atoms with Gasteiger partial charge < -0.3 is 10.4 Å². The van der Waals surface area contributed by atoms with Crippen LogP contribution in [0.2, 0.25) is 0 Å². The molecule has 0 aromatic heterocycles. The zero-order valence-corrected chi connectivity index (χ0v) is 10.2. The Morgan fingerprint density at radius 3 is 2.50 bits per heavy atom. The molecule has 92 valence electrons. The predicted molar refractivity (Wildman–Crippen MR) is 71.9 cm³/mol. The van der Waals surface area contributed by atoms with Gasteiger partial charge in [0, 0.05) is 6.54 Å². The average molecular weight is 241 g/mol. The van der Waals surface area contributed by atoms with Crippen molar-refractivity contribution in [1.82, 2.24) is 0 Å². The number of hydrogen-bond acceptors (Lipinski definition) is 2. The monoisotopic (exact) mass is 241 g/mol. The molecule has 0 aliphatic heterocycles. The zero-order valence-electron chi connectivity index (χ0n) is 10.2. The molecule has 2 aromatic carbocycles. The van der Waals surface area contributed by atoms with Gasteiger partial charge in [-0.25, -0.2) is 4.79 Å². The summed E-state index contributed by atoms with van der Waals surface area (Å²) in [4.78, 5) is 11.1. The van der Waals surface area contributed by atoms with Gasteiger partial charge in [-0.3, -0.25) is 0 Å². The summed E-state index contributed by atoms with van der Waals surface area (Å²) in [5.41, 5.74) is 3.06. The number of benzene rings is 2. The highest BCUT2D eigenvalue weighted by atomic mass is 16.4. The van der Waals surface area contributed by atoms with Crippen LogP contribution < -0.4 is 5.32 Å². The number of carbonyl (C=O) groups is 1. The van der Waals surface area contributed by atoms with Gasteiger partial charge in [0.05, 0.1) is 11.3 Å². The number of rotatable bonds is 4. The highest BCUT2D eigenvalue weighted by Crippen LogP contribution is 2.21. The quantitative estimate of drug-likeness (QED) is 0.863. The number of carboxylic acids is 1. The molecule has 0 spiro atoms. The Hall–Kier alpha value is -2.29. The molecule has 0 radical (unpaired) electrons. The van der Waals surface area contributed by atoms with Crippen molar-refractivity contribution in [3.63, 3.8) is 0 Å². The van der Waals surface area contributed by atoms with Gasteiger partial charge in [0.15, 0.2) is 0 Å². The van der Waals surface area contributed by atoms with Crippen LogP contribution in [0.1, 0.15) is 21.5 Å². The Balaban J connectivity index is 2.21. The van der Waals surface area contributed by atoms with Crippen molar-refractivity contribution < 1.29 is 9.90 Å². The largest absolute Gasteiger partial charge is 0.478 e. The highest BCUT2D eigenvalue weighted by Gasteiger charge is 2.11. The summed E-state index contributed by atoms with van der Waals surface area (Å²) < 4.78 is 0. The maximum absolute atomic E-state index is 11.1. The molecule has 0 fully saturated rings. The van der Waals surface area contributed by atoms with Crippen LogP contribution in [-0.4, -0.2) is 11.1 Å². The smallest absolute Gasteiger partial charge is 0.337 e. The normalized spacial score (nSPS) is 10.1. The van der Waals surface area contributed by atoms with Crippen LogP contribution in [0, 0.1) is 6.92 Å². The SMILES string of the molecule is Cc1cccc(C(=O)O)c1NCc1ccccc1. The standard InChI is InChI=1S/C15H15NO2/c1-11-6-5-9-13(15(17)18)14(11)16-10-12-7-3-2-4-8-12/h2-9,16H,10H2,1H3,(H,17,18). The van der Waals surface area contributed by atoms with E-state index in [0.717, 1.165) is 11.1 Å². The van der Waals surface area contributed by atoms with E-state index in [0.29, 0.717) is 17.8 Å². The predicted octanol–water partition coefficient (Wildman–Crippen LogP) is 3.31. The van der Waals surface area contributed by atoms with Gasteiger partial charge in [0.1, 0.15) is 0 Å². The van der Waals surface area contributed by atoms with E-state index in [-0.39, 0.29) is 0 Å². The molecule has 0 atom stereocenters. The molecule has 2 aromatic rings. The van der Waals surface area contributed by atoms with Crippen molar-refractivity contribution in [2.45, 2.75) is 13.5 Å². The third kappa shape index (κ3) is 2.69. The van der Waals surface area contributed by atoms with E-state index >= 15 is 0 Å². The number of nitrogens with one attached hydrogen (secondary N) is 1. The molecule has 0 saturated heterocycles. The fraction of sp³-hybridized carbons (Fsp3) is 0.133. The molecule has 0 bridgehead atoms. The van der Waals surface area contributed by atoms with Crippen molar-refractivity contribution in [2.24, 2.45) is 0 Å². The lowest BCUT2D eigenvalue weighted by atomic mass is 10.1. The molecule has 0 heterocycles. The first-order valence-electron chi connectivity index (χ1n) is 5.79. The molecule has 2 N–H and O–H groups in total. The lowest BCUT2D eigenvalue weighted by Crippen LogP contribution is -2.07. The maximum Gasteiger partial charge on any atom is 0.337 e. The molecule has 2 rings (SSSR count). The number of anilines is 1. The van der Waals surface area contributed by atoms with Crippen LogP contribution in [0.4, 0.5) is 5.69 Å². The molecule has 0 aliphatic carbocycles. The summed E-state index contributed by atoms with van der Waals surface area (Å²) >= 11 is 0. The van der Waals surface area contributed by atoms with Gasteiger partial charge in [-0.1, -0.05) is 42.5 Å². The van der Waals surface area contributed by atoms with Crippen molar-refractivity contribution in [2.75, 3.05) is 5.32 Å². The van der Waals surface area contributed by atoms with E-state index in [1.165, 1.54) is 0 Å². The number of hydrogen-bond donors (Lipinski definition) is 2. The van der Waals surface area contributed by atoms with Crippen molar-refractivity contribution in [1.29, 1.82) is 0 Å². The summed E-state index contributed by atoms with van der Waals surface area (Å²) in [6.45, 7) is 2.52. The second kappa shape index (κ2) is 5.36. The van der Waals surface area contributed by atoms with E-state index in [9.17, 15) is 4.79 Å². The van der Waals surface area contributed by atoms with Gasteiger partial charge in [-0.05, 0) is 24.1 Å². The summed E-state index contributed by atoms with van der Waals surface area (Å²) in [5.74, 6) is -0.908. The van der Waals surface area contributed by atoms with Crippen LogP contribution in [0.25, 0.3) is 0 Å². The van der Waals surface area contributed by atoms with Crippen LogP contribution in [0.15, 0.2) is 48.5 Å². The first-order valence-corrected chi connectivity index (χ1v) is 5.79. The third-order valence-corrected chi connectivity index (χ3v) is 2.82. The minimum absolute atomic E-state index is 0.311. The molecular weight excluding hydrogens is 226 g/mol. The Labute approximate surface area is 106 Å². The highest BCUT2D eigenvalue weighted by molar-refractivity contribution is 5.95. The minimum atomic E-state index is -0.908. The first-order chi connectivity index (χ1) is 8.68. The van der Waals surface area contributed by atoms with Crippen LogP contribution in [0.3, 0.4) is 0 Å². The maximum atomic E-state index is 11.1. The van der Waals surface area contributed by atoms with Crippen molar-refractivity contribution in [3.8, 4) is 0 Å². The second-order valence-corrected chi connectivity index (χ2v) is 4.14. The minimum Gasteiger partial charge on any atom is -0.478 e. The van der Waals surface area contributed by atoms with E-state index in [1.807, 2.05) is 43.3 Å². The van der Waals surface area contributed by atoms with Gasteiger partial charge in [0.2, 0.25) is 0 Å². The lowest BCUT2D eigenvalue weighted by molar-refractivity contribution is 0.0698. The number of aryl methyl sites for hydroxylation is 1. The molecule has 0 saturated carbocycles. The van der Waals surface area contributed by atoms with Crippen LogP contribution in [0.5, 0.6) is 0 Å². The van der Waals surface area contributed by atoms with Gasteiger partial charge in [-0.2, -0.15) is 0 Å². The zero-order chi connectivity index (χ0) is 13.0. The van der Waals surface area contributed by atoms with Gasteiger partial charge >= 0.3 is 5.97 Å². The van der Waals surface area contributed by atoms with E-state index in [1.54, 1.807) is 12.1 Å². The van der Waals surface area contributed by atoms with E-state index in [2.05, 4.69) is 5.32 Å². The summed E-state index contributed by atoms with van der Waals surface area (Å²) in [6, 6.07) is 15.2. The Kier molecular flexibility index (Phi) is 3.63. The molecule has 0 unspecified atom stereocenters.